The van der Waals surface area contributed by atoms with Crippen molar-refractivity contribution < 1.29 is 14.3 Å². The maximum atomic E-state index is 12.7. The average Bonchev–Trinajstić information content (AvgIpc) is 2.78. The molecule has 1 aromatic heterocycles. The third kappa shape index (κ3) is 6.09. The fourth-order valence-electron chi connectivity index (χ4n) is 3.63. The molecular formula is C24H28N4O3S. The molecule has 32 heavy (non-hydrogen) atoms. The summed E-state index contributed by atoms with van der Waals surface area (Å²) in [5, 5.41) is 9.93. The summed E-state index contributed by atoms with van der Waals surface area (Å²) in [4.78, 5) is 33.4. The third-order valence-electron chi connectivity index (χ3n) is 5.34. The number of aromatic nitrogens is 1. The van der Waals surface area contributed by atoms with Crippen LogP contribution in [0.1, 0.15) is 39.7 Å². The molecule has 7 nitrogen and oxygen atoms in total. The first-order valence-corrected chi connectivity index (χ1v) is 11.7. The van der Waals surface area contributed by atoms with Crippen LogP contribution in [0.15, 0.2) is 35.4 Å². The van der Waals surface area contributed by atoms with E-state index in [9.17, 15) is 14.9 Å². The highest BCUT2D eigenvalue weighted by Crippen LogP contribution is 2.24. The summed E-state index contributed by atoms with van der Waals surface area (Å²) in [6.07, 6.45) is 0. The van der Waals surface area contributed by atoms with Gasteiger partial charge in [-0.15, -0.1) is 0 Å². The van der Waals surface area contributed by atoms with Gasteiger partial charge in [0.05, 0.1) is 29.2 Å². The molecule has 0 atom stereocenters. The van der Waals surface area contributed by atoms with E-state index in [1.807, 2.05) is 4.90 Å². The van der Waals surface area contributed by atoms with E-state index in [0.29, 0.717) is 23.8 Å². The summed E-state index contributed by atoms with van der Waals surface area (Å²) in [7, 11) is 0. The molecule has 2 heterocycles. The summed E-state index contributed by atoms with van der Waals surface area (Å²) in [6, 6.07) is 12.1. The molecule has 0 N–H and O–H groups in total. The number of esters is 1. The van der Waals surface area contributed by atoms with Crippen molar-refractivity contribution in [3.63, 3.8) is 0 Å². The predicted octanol–water partition coefficient (Wildman–Crippen LogP) is 3.18. The number of amides is 1. The van der Waals surface area contributed by atoms with Crippen molar-refractivity contribution in [3.05, 3.63) is 58.3 Å². The lowest BCUT2D eigenvalue weighted by Crippen LogP contribution is -2.48. The lowest BCUT2D eigenvalue weighted by molar-refractivity contribution is -0.130. The van der Waals surface area contributed by atoms with Crippen LogP contribution in [-0.2, 0) is 16.1 Å². The van der Waals surface area contributed by atoms with Crippen LogP contribution >= 0.6 is 11.8 Å². The number of benzene rings is 1. The van der Waals surface area contributed by atoms with E-state index < -0.39 is 5.97 Å². The Morgan fingerprint density at radius 2 is 1.94 bits per heavy atom. The fourth-order valence-corrected chi connectivity index (χ4v) is 4.54. The number of hydrogen-bond donors (Lipinski definition) is 0. The van der Waals surface area contributed by atoms with Crippen molar-refractivity contribution in [2.75, 3.05) is 38.5 Å². The zero-order chi connectivity index (χ0) is 23.1. The molecule has 0 saturated carbocycles. The lowest BCUT2D eigenvalue weighted by atomic mass is 10.1. The number of pyridine rings is 1. The average molecular weight is 453 g/mol. The monoisotopic (exact) mass is 452 g/mol. The number of carbonyl (C=O) groups is 2. The molecule has 1 amide bonds. The first-order valence-electron chi connectivity index (χ1n) is 10.7. The van der Waals surface area contributed by atoms with Gasteiger partial charge in [-0.05, 0) is 32.4 Å². The summed E-state index contributed by atoms with van der Waals surface area (Å²) in [6.45, 7) is 9.70. The van der Waals surface area contributed by atoms with Crippen molar-refractivity contribution in [1.29, 1.82) is 5.26 Å². The molecule has 1 aliphatic rings. The Morgan fingerprint density at radius 3 is 2.59 bits per heavy atom. The molecule has 0 bridgehead atoms. The predicted molar refractivity (Wildman–Crippen MR) is 123 cm³/mol. The van der Waals surface area contributed by atoms with Crippen LogP contribution in [0.3, 0.4) is 0 Å². The third-order valence-corrected chi connectivity index (χ3v) is 6.32. The van der Waals surface area contributed by atoms with Gasteiger partial charge in [0.15, 0.2) is 0 Å². The number of thioether (sulfide) groups is 1. The van der Waals surface area contributed by atoms with E-state index >= 15 is 0 Å². The Morgan fingerprint density at radius 1 is 1.19 bits per heavy atom. The largest absolute Gasteiger partial charge is 0.462 e. The first kappa shape index (κ1) is 23.8. The minimum absolute atomic E-state index is 0.0306. The second-order valence-corrected chi connectivity index (χ2v) is 8.71. The van der Waals surface area contributed by atoms with Crippen molar-refractivity contribution in [2.45, 2.75) is 32.3 Å². The zero-order valence-corrected chi connectivity index (χ0v) is 19.6. The van der Waals surface area contributed by atoms with Crippen LogP contribution in [0.2, 0.25) is 0 Å². The normalized spacial score (nSPS) is 14.1. The number of ether oxygens (including phenoxy) is 1. The Bertz CT molecular complexity index is 1030. The zero-order valence-electron chi connectivity index (χ0n) is 18.8. The lowest BCUT2D eigenvalue weighted by Gasteiger charge is -2.34. The van der Waals surface area contributed by atoms with E-state index in [1.54, 1.807) is 13.8 Å². The van der Waals surface area contributed by atoms with E-state index in [0.717, 1.165) is 19.6 Å². The molecule has 1 aliphatic heterocycles. The van der Waals surface area contributed by atoms with Gasteiger partial charge in [0.2, 0.25) is 5.91 Å². The summed E-state index contributed by atoms with van der Waals surface area (Å²) in [5.41, 5.74) is 3.59. The number of nitriles is 1. The molecule has 8 heteroatoms. The van der Waals surface area contributed by atoms with E-state index in [4.69, 9.17) is 4.74 Å². The van der Waals surface area contributed by atoms with Crippen LogP contribution in [0.25, 0.3) is 0 Å². The SMILES string of the molecule is CCOC(=O)c1cc(C#N)c(SCC(=O)N2CCN(Cc3cccc(C)c3)CC2)nc1C. The van der Waals surface area contributed by atoms with E-state index in [1.165, 1.54) is 29.0 Å². The highest BCUT2D eigenvalue weighted by Gasteiger charge is 2.22. The molecule has 168 valence electrons. The summed E-state index contributed by atoms with van der Waals surface area (Å²) >= 11 is 1.24. The van der Waals surface area contributed by atoms with E-state index in [2.05, 4.69) is 47.1 Å². The Kier molecular flexibility index (Phi) is 8.26. The maximum Gasteiger partial charge on any atom is 0.340 e. The highest BCUT2D eigenvalue weighted by atomic mass is 32.2. The smallest absolute Gasteiger partial charge is 0.340 e. The van der Waals surface area contributed by atoms with E-state index in [-0.39, 0.29) is 29.4 Å². The van der Waals surface area contributed by atoms with Gasteiger partial charge in [-0.2, -0.15) is 5.26 Å². The van der Waals surface area contributed by atoms with Gasteiger partial charge in [0.25, 0.3) is 0 Å². The quantitative estimate of drug-likeness (QED) is 0.471. The van der Waals surface area contributed by atoms with Gasteiger partial charge < -0.3 is 9.64 Å². The van der Waals surface area contributed by atoms with Crippen LogP contribution in [-0.4, -0.2) is 65.2 Å². The molecular weight excluding hydrogens is 424 g/mol. The minimum atomic E-state index is -0.495. The molecule has 3 rings (SSSR count). The molecule has 0 aliphatic carbocycles. The van der Waals surface area contributed by atoms with Crippen molar-refractivity contribution in [3.8, 4) is 6.07 Å². The number of piperazine rings is 1. The Hall–Kier alpha value is -2.89. The number of hydrogen-bond acceptors (Lipinski definition) is 7. The number of nitrogens with zero attached hydrogens (tertiary/aromatic N) is 4. The molecule has 2 aromatic rings. The Labute approximate surface area is 193 Å². The number of rotatable bonds is 7. The molecule has 1 saturated heterocycles. The van der Waals surface area contributed by atoms with Gasteiger partial charge in [-0.3, -0.25) is 9.69 Å². The van der Waals surface area contributed by atoms with Gasteiger partial charge >= 0.3 is 5.97 Å². The summed E-state index contributed by atoms with van der Waals surface area (Å²) < 4.78 is 5.02. The highest BCUT2D eigenvalue weighted by molar-refractivity contribution is 8.00. The van der Waals surface area contributed by atoms with Gasteiger partial charge in [-0.25, -0.2) is 9.78 Å². The van der Waals surface area contributed by atoms with Gasteiger partial charge in [0, 0.05) is 32.7 Å². The van der Waals surface area contributed by atoms with Crippen molar-refractivity contribution in [2.24, 2.45) is 0 Å². The second-order valence-electron chi connectivity index (χ2n) is 7.74. The topological polar surface area (TPSA) is 86.5 Å². The maximum absolute atomic E-state index is 12.7. The van der Waals surface area contributed by atoms with Crippen LogP contribution in [0.5, 0.6) is 0 Å². The molecule has 1 aromatic carbocycles. The first-order chi connectivity index (χ1) is 15.4. The van der Waals surface area contributed by atoms with Crippen molar-refractivity contribution >= 4 is 23.6 Å². The van der Waals surface area contributed by atoms with Crippen LogP contribution < -0.4 is 0 Å². The van der Waals surface area contributed by atoms with Gasteiger partial charge in [-0.1, -0.05) is 41.6 Å². The molecule has 0 radical (unpaired) electrons. The Balaban J connectivity index is 1.54. The second kappa shape index (κ2) is 11.1. The number of carbonyl (C=O) groups excluding carboxylic acids is 2. The minimum Gasteiger partial charge on any atom is -0.462 e. The summed E-state index contributed by atoms with van der Waals surface area (Å²) in [5.74, 6) is -0.259. The van der Waals surface area contributed by atoms with Crippen molar-refractivity contribution in [1.82, 2.24) is 14.8 Å². The number of aryl methyl sites for hydroxylation is 2. The molecule has 1 fully saturated rings. The van der Waals surface area contributed by atoms with Gasteiger partial charge in [0.1, 0.15) is 11.1 Å². The van der Waals surface area contributed by atoms with Crippen LogP contribution in [0.4, 0.5) is 0 Å². The molecule has 0 unspecified atom stereocenters. The fraction of sp³-hybridized carbons (Fsp3) is 0.417. The van der Waals surface area contributed by atoms with Crippen LogP contribution in [0, 0.1) is 25.2 Å². The molecule has 0 spiro atoms. The standard InChI is InChI=1S/C24H28N4O3S/c1-4-31-24(30)21-13-20(14-25)23(26-18(21)3)32-16-22(29)28-10-8-27(9-11-28)15-19-7-5-6-17(2)12-19/h5-7,12-13H,4,8-11,15-16H2,1-3H3.